The average Bonchev–Trinajstić information content (AvgIpc) is 2.68. The van der Waals surface area contributed by atoms with Gasteiger partial charge in [-0.1, -0.05) is 67.9 Å². The summed E-state index contributed by atoms with van der Waals surface area (Å²) in [5.74, 6) is 0. The first-order valence-corrected chi connectivity index (χ1v) is 7.43. The fourth-order valence-electron chi connectivity index (χ4n) is 3.30. The summed E-state index contributed by atoms with van der Waals surface area (Å²) in [5, 5.41) is 3.76. The van der Waals surface area contributed by atoms with Crippen molar-refractivity contribution in [3.05, 3.63) is 70.8 Å². The number of hydrogen-bond donors (Lipinski definition) is 1. The highest BCUT2D eigenvalue weighted by Gasteiger charge is 2.38. The number of benzene rings is 2. The van der Waals surface area contributed by atoms with Gasteiger partial charge in [0.15, 0.2) is 0 Å². The fraction of sp³-hybridized carbons (Fsp3) is 0.368. The molecule has 3 rings (SSSR count). The molecule has 1 aliphatic carbocycles. The lowest BCUT2D eigenvalue weighted by atomic mass is 9.85. The summed E-state index contributed by atoms with van der Waals surface area (Å²) in [4.78, 5) is 0. The molecule has 2 aromatic carbocycles. The fourth-order valence-corrected chi connectivity index (χ4v) is 3.30. The zero-order valence-corrected chi connectivity index (χ0v) is 12.6. The molecule has 1 heteroatoms. The van der Waals surface area contributed by atoms with Crippen LogP contribution in [0, 0.1) is 12.3 Å². The molecule has 0 amide bonds. The molecule has 0 saturated carbocycles. The molecule has 0 spiro atoms. The van der Waals surface area contributed by atoms with E-state index in [0.29, 0.717) is 6.04 Å². The molecule has 1 nitrogen and oxygen atoms in total. The van der Waals surface area contributed by atoms with Crippen molar-refractivity contribution in [1.82, 2.24) is 5.32 Å². The second-order valence-corrected chi connectivity index (χ2v) is 6.66. The Kier molecular flexibility index (Phi) is 3.39. The van der Waals surface area contributed by atoms with E-state index in [1.54, 1.807) is 0 Å². The Morgan fingerprint density at radius 1 is 1.05 bits per heavy atom. The molecule has 104 valence electrons. The van der Waals surface area contributed by atoms with Gasteiger partial charge in [0.1, 0.15) is 0 Å². The molecule has 0 aromatic heterocycles. The van der Waals surface area contributed by atoms with E-state index >= 15 is 0 Å². The third-order valence-electron chi connectivity index (χ3n) is 4.42. The average molecular weight is 265 g/mol. The zero-order chi connectivity index (χ0) is 14.2. The van der Waals surface area contributed by atoms with E-state index in [-0.39, 0.29) is 5.41 Å². The van der Waals surface area contributed by atoms with Crippen LogP contribution in [0.25, 0.3) is 0 Å². The normalized spacial score (nSPS) is 19.9. The van der Waals surface area contributed by atoms with Crippen LogP contribution in [0.3, 0.4) is 0 Å². The molecule has 0 heterocycles. The van der Waals surface area contributed by atoms with Crippen LogP contribution >= 0.6 is 0 Å². The molecule has 0 aliphatic heterocycles. The first-order valence-electron chi connectivity index (χ1n) is 7.43. The standard InChI is InChI=1S/C19H23N/c1-14-8-10-15(11-9-14)13-20-18-17-7-5-4-6-16(17)12-19(18,2)3/h4-11,18,20H,12-13H2,1-3H3. The summed E-state index contributed by atoms with van der Waals surface area (Å²) < 4.78 is 0. The van der Waals surface area contributed by atoms with Crippen LogP contribution in [0.4, 0.5) is 0 Å². The number of aryl methyl sites for hydroxylation is 1. The second kappa shape index (κ2) is 5.06. The van der Waals surface area contributed by atoms with Gasteiger partial charge in [0.05, 0.1) is 0 Å². The molecule has 2 aromatic rings. The summed E-state index contributed by atoms with van der Waals surface area (Å²) in [5.41, 5.74) is 5.94. The topological polar surface area (TPSA) is 12.0 Å². The summed E-state index contributed by atoms with van der Waals surface area (Å²) in [6.07, 6.45) is 1.16. The molecular formula is C19H23N. The van der Waals surface area contributed by atoms with Crippen molar-refractivity contribution in [3.63, 3.8) is 0 Å². The molecule has 1 aliphatic rings. The SMILES string of the molecule is Cc1ccc(CNC2c3ccccc3CC2(C)C)cc1. The third kappa shape index (κ3) is 2.51. The van der Waals surface area contributed by atoms with Gasteiger partial charge in [-0.3, -0.25) is 0 Å². The second-order valence-electron chi connectivity index (χ2n) is 6.66. The first kappa shape index (κ1) is 13.4. The van der Waals surface area contributed by atoms with Crippen LogP contribution in [-0.4, -0.2) is 0 Å². The predicted molar refractivity (Wildman–Crippen MR) is 84.7 cm³/mol. The molecule has 1 N–H and O–H groups in total. The summed E-state index contributed by atoms with van der Waals surface area (Å²) in [7, 11) is 0. The lowest BCUT2D eigenvalue weighted by molar-refractivity contribution is 0.268. The van der Waals surface area contributed by atoms with Gasteiger partial charge in [0.2, 0.25) is 0 Å². The Morgan fingerprint density at radius 2 is 1.75 bits per heavy atom. The number of nitrogens with one attached hydrogen (secondary N) is 1. The quantitative estimate of drug-likeness (QED) is 0.867. The number of fused-ring (bicyclic) bond motifs is 1. The molecule has 1 atom stereocenters. The lowest BCUT2D eigenvalue weighted by Gasteiger charge is -2.28. The largest absolute Gasteiger partial charge is 0.305 e. The maximum absolute atomic E-state index is 3.76. The lowest BCUT2D eigenvalue weighted by Crippen LogP contribution is -2.30. The van der Waals surface area contributed by atoms with Gasteiger partial charge in [0.25, 0.3) is 0 Å². The molecule has 0 fully saturated rings. The molecule has 20 heavy (non-hydrogen) atoms. The Bertz CT molecular complexity index is 595. The van der Waals surface area contributed by atoms with Crippen LogP contribution in [0.2, 0.25) is 0 Å². The van der Waals surface area contributed by atoms with Crippen molar-refractivity contribution in [2.75, 3.05) is 0 Å². The molecular weight excluding hydrogens is 242 g/mol. The summed E-state index contributed by atoms with van der Waals surface area (Å²) >= 11 is 0. The maximum Gasteiger partial charge on any atom is 0.0380 e. The Hall–Kier alpha value is -1.60. The summed E-state index contributed by atoms with van der Waals surface area (Å²) in [6.45, 7) is 7.79. The van der Waals surface area contributed by atoms with Crippen molar-refractivity contribution in [2.45, 2.75) is 39.8 Å². The van der Waals surface area contributed by atoms with Crippen LogP contribution in [0.1, 0.15) is 42.1 Å². The minimum absolute atomic E-state index is 0.286. The van der Waals surface area contributed by atoms with Gasteiger partial charge < -0.3 is 5.32 Å². The van der Waals surface area contributed by atoms with Gasteiger partial charge in [-0.2, -0.15) is 0 Å². The van der Waals surface area contributed by atoms with Crippen LogP contribution in [-0.2, 0) is 13.0 Å². The van der Waals surface area contributed by atoms with E-state index < -0.39 is 0 Å². The van der Waals surface area contributed by atoms with Crippen LogP contribution < -0.4 is 5.32 Å². The van der Waals surface area contributed by atoms with Crippen molar-refractivity contribution in [1.29, 1.82) is 0 Å². The van der Waals surface area contributed by atoms with Gasteiger partial charge >= 0.3 is 0 Å². The van der Waals surface area contributed by atoms with E-state index in [1.807, 2.05) is 0 Å². The van der Waals surface area contributed by atoms with Crippen molar-refractivity contribution in [3.8, 4) is 0 Å². The maximum atomic E-state index is 3.76. The monoisotopic (exact) mass is 265 g/mol. The van der Waals surface area contributed by atoms with E-state index in [0.717, 1.165) is 13.0 Å². The van der Waals surface area contributed by atoms with Crippen molar-refractivity contribution >= 4 is 0 Å². The third-order valence-corrected chi connectivity index (χ3v) is 4.42. The highest BCUT2D eigenvalue weighted by atomic mass is 14.9. The molecule has 0 bridgehead atoms. The minimum Gasteiger partial charge on any atom is -0.305 e. The van der Waals surface area contributed by atoms with Crippen LogP contribution in [0.5, 0.6) is 0 Å². The Balaban J connectivity index is 1.78. The van der Waals surface area contributed by atoms with Gasteiger partial charge in [-0.15, -0.1) is 0 Å². The molecule has 0 radical (unpaired) electrons. The Labute approximate surface area is 122 Å². The van der Waals surface area contributed by atoms with Crippen molar-refractivity contribution < 1.29 is 0 Å². The van der Waals surface area contributed by atoms with E-state index in [1.165, 1.54) is 22.3 Å². The highest BCUT2D eigenvalue weighted by Crippen LogP contribution is 2.45. The smallest absolute Gasteiger partial charge is 0.0380 e. The number of rotatable bonds is 3. The molecule has 1 unspecified atom stereocenters. The first-order chi connectivity index (χ1) is 9.56. The van der Waals surface area contributed by atoms with E-state index in [2.05, 4.69) is 74.6 Å². The Morgan fingerprint density at radius 3 is 2.50 bits per heavy atom. The van der Waals surface area contributed by atoms with Gasteiger partial charge in [-0.25, -0.2) is 0 Å². The predicted octanol–water partition coefficient (Wildman–Crippen LogP) is 4.41. The zero-order valence-electron chi connectivity index (χ0n) is 12.6. The van der Waals surface area contributed by atoms with Gasteiger partial charge in [-0.05, 0) is 35.4 Å². The van der Waals surface area contributed by atoms with Gasteiger partial charge in [0, 0.05) is 12.6 Å². The van der Waals surface area contributed by atoms with E-state index in [4.69, 9.17) is 0 Å². The van der Waals surface area contributed by atoms with E-state index in [9.17, 15) is 0 Å². The highest BCUT2D eigenvalue weighted by molar-refractivity contribution is 5.37. The molecule has 0 saturated heterocycles. The minimum atomic E-state index is 0.286. The van der Waals surface area contributed by atoms with Crippen LogP contribution in [0.15, 0.2) is 48.5 Å². The summed E-state index contributed by atoms with van der Waals surface area (Å²) in [6, 6.07) is 18.1. The van der Waals surface area contributed by atoms with Crippen molar-refractivity contribution in [2.24, 2.45) is 5.41 Å². The number of hydrogen-bond acceptors (Lipinski definition) is 1.